The Morgan fingerprint density at radius 2 is 1.42 bits per heavy atom. The fourth-order valence-corrected chi connectivity index (χ4v) is 2.02. The molecule has 0 bridgehead atoms. The van der Waals surface area contributed by atoms with Crippen molar-refractivity contribution in [2.45, 2.75) is 0 Å². The van der Waals surface area contributed by atoms with Crippen molar-refractivity contribution in [2.24, 2.45) is 11.5 Å². The highest BCUT2D eigenvalue weighted by atomic mass is 16.4. The molecule has 2 heterocycles. The maximum Gasteiger partial charge on any atom is 0.178 e. The first kappa shape index (κ1) is 15.2. The quantitative estimate of drug-likeness (QED) is 0.336. The zero-order chi connectivity index (χ0) is 17.1. The minimum absolute atomic E-state index is 0.0218. The van der Waals surface area contributed by atoms with Gasteiger partial charge in [0.2, 0.25) is 0 Å². The molecule has 0 saturated carbocycles. The maximum atomic E-state index is 7.35. The van der Waals surface area contributed by atoms with Crippen LogP contribution in [-0.4, -0.2) is 11.7 Å². The number of furan rings is 2. The smallest absolute Gasteiger partial charge is 0.178 e. The molecule has 6 heteroatoms. The third-order valence-electron chi connectivity index (χ3n) is 3.25. The van der Waals surface area contributed by atoms with Crippen molar-refractivity contribution in [1.29, 1.82) is 10.8 Å². The summed E-state index contributed by atoms with van der Waals surface area (Å²) in [6, 6.07) is 13.8. The first-order chi connectivity index (χ1) is 11.5. The number of nitrogens with one attached hydrogen (secondary N) is 2. The first-order valence-corrected chi connectivity index (χ1v) is 7.04. The van der Waals surface area contributed by atoms with Crippen LogP contribution in [0.4, 0.5) is 0 Å². The Morgan fingerprint density at radius 3 is 2.04 bits per heavy atom. The lowest BCUT2D eigenvalue weighted by Crippen LogP contribution is -2.10. The summed E-state index contributed by atoms with van der Waals surface area (Å²) in [6.07, 6.45) is 0. The zero-order valence-corrected chi connectivity index (χ0v) is 12.6. The Labute approximate surface area is 138 Å². The predicted molar refractivity (Wildman–Crippen MR) is 90.9 cm³/mol. The number of rotatable bonds is 3. The molecule has 0 aliphatic rings. The highest BCUT2D eigenvalue weighted by Crippen LogP contribution is 2.24. The van der Waals surface area contributed by atoms with Crippen LogP contribution < -0.4 is 11.5 Å². The van der Waals surface area contributed by atoms with Crippen molar-refractivity contribution in [1.82, 2.24) is 0 Å². The van der Waals surface area contributed by atoms with Gasteiger partial charge in [-0.1, -0.05) is 18.1 Å². The molecule has 0 spiro atoms. The highest BCUT2D eigenvalue weighted by Gasteiger charge is 2.10. The molecule has 24 heavy (non-hydrogen) atoms. The monoisotopic (exact) mass is 318 g/mol. The minimum atomic E-state index is -0.137. The van der Waals surface area contributed by atoms with Gasteiger partial charge in [-0.2, -0.15) is 0 Å². The Bertz CT molecular complexity index is 968. The summed E-state index contributed by atoms with van der Waals surface area (Å²) >= 11 is 0. The molecular formula is C18H14N4O2. The molecule has 0 amide bonds. The molecule has 6 nitrogen and oxygen atoms in total. The summed E-state index contributed by atoms with van der Waals surface area (Å²) in [6.45, 7) is 0. The van der Waals surface area contributed by atoms with E-state index in [1.807, 2.05) is 0 Å². The maximum absolute atomic E-state index is 7.35. The molecule has 0 fully saturated rings. The molecule has 0 saturated heterocycles. The molecule has 3 rings (SSSR count). The summed E-state index contributed by atoms with van der Waals surface area (Å²) in [5.41, 5.74) is 12.2. The lowest BCUT2D eigenvalue weighted by Gasteiger charge is -1.96. The van der Waals surface area contributed by atoms with Gasteiger partial charge in [0.15, 0.2) is 28.9 Å². The van der Waals surface area contributed by atoms with E-state index in [0.29, 0.717) is 28.6 Å². The Morgan fingerprint density at radius 1 is 0.750 bits per heavy atom. The van der Waals surface area contributed by atoms with E-state index >= 15 is 0 Å². The fraction of sp³-hybridized carbons (Fsp3) is 0. The highest BCUT2D eigenvalue weighted by molar-refractivity contribution is 5.95. The molecular weight excluding hydrogens is 304 g/mol. The van der Waals surface area contributed by atoms with Crippen molar-refractivity contribution in [3.05, 3.63) is 71.2 Å². The molecule has 1 aromatic carbocycles. The number of hydrogen-bond donors (Lipinski definition) is 4. The van der Waals surface area contributed by atoms with Crippen LogP contribution in [0.25, 0.3) is 11.5 Å². The number of nitrogens with two attached hydrogens (primary N) is 2. The van der Waals surface area contributed by atoms with Crippen molar-refractivity contribution in [3.8, 4) is 23.4 Å². The molecule has 2 aromatic heterocycles. The van der Waals surface area contributed by atoms with E-state index in [-0.39, 0.29) is 11.7 Å². The largest absolute Gasteiger partial charge is 0.450 e. The van der Waals surface area contributed by atoms with Gasteiger partial charge < -0.3 is 20.3 Å². The average Bonchev–Trinajstić information content (AvgIpc) is 3.22. The van der Waals surface area contributed by atoms with E-state index in [1.165, 1.54) is 0 Å². The lowest BCUT2D eigenvalue weighted by molar-refractivity contribution is 0.514. The zero-order valence-electron chi connectivity index (χ0n) is 12.6. The average molecular weight is 318 g/mol. The minimum Gasteiger partial charge on any atom is -0.450 e. The fourth-order valence-electron chi connectivity index (χ4n) is 2.02. The van der Waals surface area contributed by atoms with Crippen LogP contribution in [0.5, 0.6) is 0 Å². The molecule has 6 N–H and O–H groups in total. The predicted octanol–water partition coefficient (Wildman–Crippen LogP) is 2.51. The first-order valence-electron chi connectivity index (χ1n) is 7.04. The summed E-state index contributed by atoms with van der Waals surface area (Å²) in [5.74, 6) is 7.56. The second-order valence-electron chi connectivity index (χ2n) is 4.98. The second-order valence-corrected chi connectivity index (χ2v) is 4.98. The van der Waals surface area contributed by atoms with Crippen molar-refractivity contribution in [3.63, 3.8) is 0 Å². The van der Waals surface area contributed by atoms with Gasteiger partial charge in [-0.25, -0.2) is 0 Å². The van der Waals surface area contributed by atoms with E-state index in [4.69, 9.17) is 31.1 Å². The standard InChI is InChI=1S/C18H14N4O2/c19-17(20)12-4-1-11(2-5-12)3-6-13-7-8-14(23-13)15-9-10-16(24-15)18(21)22/h1-2,4-5,7-10H,(H3,19,20)(H3,21,22). The molecule has 0 unspecified atom stereocenters. The third kappa shape index (κ3) is 3.20. The normalized spacial score (nSPS) is 10.0. The van der Waals surface area contributed by atoms with Crippen LogP contribution in [0.15, 0.2) is 57.4 Å². The Balaban J connectivity index is 1.79. The molecule has 3 aromatic rings. The van der Waals surface area contributed by atoms with Crippen LogP contribution in [-0.2, 0) is 0 Å². The third-order valence-corrected chi connectivity index (χ3v) is 3.25. The van der Waals surface area contributed by atoms with Gasteiger partial charge in [-0.15, -0.1) is 0 Å². The summed E-state index contributed by atoms with van der Waals surface area (Å²) in [5, 5.41) is 14.7. The summed E-state index contributed by atoms with van der Waals surface area (Å²) in [4.78, 5) is 0. The van der Waals surface area contributed by atoms with Gasteiger partial charge >= 0.3 is 0 Å². The van der Waals surface area contributed by atoms with E-state index in [1.54, 1.807) is 48.5 Å². The molecule has 0 radical (unpaired) electrons. The Hall–Kier alpha value is -3.72. The summed E-state index contributed by atoms with van der Waals surface area (Å²) in [7, 11) is 0. The van der Waals surface area contributed by atoms with Crippen LogP contribution in [0.1, 0.15) is 22.6 Å². The van der Waals surface area contributed by atoms with Gasteiger partial charge in [0, 0.05) is 11.1 Å². The van der Waals surface area contributed by atoms with Gasteiger partial charge in [-0.05, 0) is 42.3 Å². The lowest BCUT2D eigenvalue weighted by atomic mass is 10.1. The van der Waals surface area contributed by atoms with Crippen molar-refractivity contribution < 1.29 is 8.83 Å². The van der Waals surface area contributed by atoms with Crippen LogP contribution >= 0.6 is 0 Å². The molecule has 118 valence electrons. The molecule has 0 aliphatic carbocycles. The van der Waals surface area contributed by atoms with E-state index in [0.717, 1.165) is 5.56 Å². The van der Waals surface area contributed by atoms with Gasteiger partial charge in [0.25, 0.3) is 0 Å². The van der Waals surface area contributed by atoms with Gasteiger partial charge in [-0.3, -0.25) is 10.8 Å². The Kier molecular flexibility index (Phi) is 3.91. The molecule has 0 atom stereocenters. The molecule has 0 aliphatic heterocycles. The van der Waals surface area contributed by atoms with Crippen LogP contribution in [0, 0.1) is 22.7 Å². The van der Waals surface area contributed by atoms with Crippen molar-refractivity contribution in [2.75, 3.05) is 0 Å². The number of nitrogen functional groups attached to an aromatic ring is 2. The second kappa shape index (κ2) is 6.18. The topological polar surface area (TPSA) is 126 Å². The summed E-state index contributed by atoms with van der Waals surface area (Å²) < 4.78 is 11.0. The van der Waals surface area contributed by atoms with E-state index in [9.17, 15) is 0 Å². The van der Waals surface area contributed by atoms with Gasteiger partial charge in [0.05, 0.1) is 0 Å². The van der Waals surface area contributed by atoms with E-state index < -0.39 is 0 Å². The van der Waals surface area contributed by atoms with E-state index in [2.05, 4.69) is 11.8 Å². The van der Waals surface area contributed by atoms with Crippen molar-refractivity contribution >= 4 is 11.7 Å². The number of hydrogen-bond acceptors (Lipinski definition) is 4. The number of benzene rings is 1. The SMILES string of the molecule is N=C(N)c1ccc(C#Cc2ccc(-c3ccc(C(=N)N)o3)o2)cc1. The van der Waals surface area contributed by atoms with Gasteiger partial charge in [0.1, 0.15) is 5.84 Å². The number of amidine groups is 2. The van der Waals surface area contributed by atoms with Crippen LogP contribution in [0.2, 0.25) is 0 Å². The van der Waals surface area contributed by atoms with Crippen LogP contribution in [0.3, 0.4) is 0 Å².